The van der Waals surface area contributed by atoms with Crippen molar-refractivity contribution in [3.8, 4) is 11.1 Å². The third-order valence-corrected chi connectivity index (χ3v) is 4.37. The second-order valence-electron chi connectivity index (χ2n) is 5.91. The molecule has 0 spiro atoms. The summed E-state index contributed by atoms with van der Waals surface area (Å²) in [6.45, 7) is 0.695. The summed E-state index contributed by atoms with van der Waals surface area (Å²) in [4.78, 5) is 26.0. The zero-order chi connectivity index (χ0) is 17.1. The number of carbonyl (C=O) groups excluding carboxylic acids is 2. The van der Waals surface area contributed by atoms with Gasteiger partial charge in [0.25, 0.3) is 5.91 Å². The van der Waals surface area contributed by atoms with Gasteiger partial charge in [0.05, 0.1) is 6.04 Å². The van der Waals surface area contributed by atoms with Gasteiger partial charge in [-0.05, 0) is 42.2 Å². The van der Waals surface area contributed by atoms with Crippen molar-refractivity contribution < 1.29 is 9.59 Å². The summed E-state index contributed by atoms with van der Waals surface area (Å²) < 4.78 is 0. The van der Waals surface area contributed by atoms with E-state index in [0.29, 0.717) is 12.1 Å². The number of benzene rings is 2. The number of hydrogen-bond donors (Lipinski definition) is 2. The van der Waals surface area contributed by atoms with Gasteiger partial charge in [-0.3, -0.25) is 9.59 Å². The van der Waals surface area contributed by atoms with E-state index in [1.54, 1.807) is 18.0 Å². The van der Waals surface area contributed by atoms with E-state index in [4.69, 9.17) is 5.73 Å². The lowest BCUT2D eigenvalue weighted by molar-refractivity contribution is -0.120. The normalized spacial score (nSPS) is 17.7. The molecule has 2 aromatic rings. The molecule has 0 aliphatic carbocycles. The fourth-order valence-corrected chi connectivity index (χ4v) is 3.05. The van der Waals surface area contributed by atoms with Crippen molar-refractivity contribution in [2.45, 2.75) is 18.9 Å². The van der Waals surface area contributed by atoms with Crippen molar-refractivity contribution in [3.63, 3.8) is 0 Å². The number of nitrogens with one attached hydrogen (secondary N) is 1. The Morgan fingerprint density at radius 3 is 2.58 bits per heavy atom. The van der Waals surface area contributed by atoms with Gasteiger partial charge in [-0.2, -0.15) is 0 Å². The minimum absolute atomic E-state index is 0.0280. The third kappa shape index (κ3) is 3.03. The molecule has 0 saturated carbocycles. The van der Waals surface area contributed by atoms with Crippen LogP contribution in [0.1, 0.15) is 23.2 Å². The molecule has 2 amide bonds. The molecule has 1 saturated heterocycles. The van der Waals surface area contributed by atoms with E-state index in [-0.39, 0.29) is 11.8 Å². The van der Waals surface area contributed by atoms with Crippen LogP contribution >= 0.6 is 0 Å². The first kappa shape index (κ1) is 16.2. The highest BCUT2D eigenvalue weighted by Crippen LogP contribution is 2.27. The molecular weight excluding hydrogens is 302 g/mol. The van der Waals surface area contributed by atoms with Crippen LogP contribution in [0, 0.1) is 0 Å². The Morgan fingerprint density at radius 1 is 1.17 bits per heavy atom. The van der Waals surface area contributed by atoms with Gasteiger partial charge in [0.1, 0.15) is 0 Å². The Hall–Kier alpha value is -2.66. The topological polar surface area (TPSA) is 75.4 Å². The lowest BCUT2D eigenvalue weighted by Crippen LogP contribution is -2.48. The third-order valence-electron chi connectivity index (χ3n) is 4.37. The first-order valence-electron chi connectivity index (χ1n) is 8.10. The van der Waals surface area contributed by atoms with E-state index in [1.165, 1.54) is 0 Å². The molecule has 1 aliphatic rings. The minimum atomic E-state index is -0.410. The fraction of sp³-hybridized carbons (Fsp3) is 0.263. The molecule has 1 heterocycles. The Labute approximate surface area is 141 Å². The maximum Gasteiger partial charge on any atom is 0.251 e. The van der Waals surface area contributed by atoms with Gasteiger partial charge < -0.3 is 16.0 Å². The van der Waals surface area contributed by atoms with E-state index in [1.807, 2.05) is 42.5 Å². The number of hydrogen-bond acceptors (Lipinski definition) is 3. The molecule has 24 heavy (non-hydrogen) atoms. The Balaban J connectivity index is 1.91. The van der Waals surface area contributed by atoms with Crippen LogP contribution in [0.5, 0.6) is 0 Å². The number of piperidine rings is 1. The van der Waals surface area contributed by atoms with E-state index in [2.05, 4.69) is 5.32 Å². The quantitative estimate of drug-likeness (QED) is 0.909. The van der Waals surface area contributed by atoms with Gasteiger partial charge in [-0.1, -0.05) is 30.3 Å². The van der Waals surface area contributed by atoms with Gasteiger partial charge in [-0.15, -0.1) is 0 Å². The predicted octanol–water partition coefficient (Wildman–Crippen LogP) is 2.17. The summed E-state index contributed by atoms with van der Waals surface area (Å²) in [5.74, 6) is -0.147. The monoisotopic (exact) mass is 323 g/mol. The van der Waals surface area contributed by atoms with Crippen LogP contribution in [-0.2, 0) is 4.79 Å². The van der Waals surface area contributed by atoms with Crippen molar-refractivity contribution in [1.82, 2.24) is 5.32 Å². The van der Waals surface area contributed by atoms with Gasteiger partial charge in [0.15, 0.2) is 0 Å². The van der Waals surface area contributed by atoms with E-state index < -0.39 is 6.04 Å². The maximum atomic E-state index is 12.2. The van der Waals surface area contributed by atoms with Crippen LogP contribution in [0.25, 0.3) is 11.1 Å². The summed E-state index contributed by atoms with van der Waals surface area (Å²) in [5, 5.41) is 2.66. The smallest absolute Gasteiger partial charge is 0.251 e. The van der Waals surface area contributed by atoms with E-state index in [0.717, 1.165) is 29.7 Å². The van der Waals surface area contributed by atoms with Crippen molar-refractivity contribution in [2.24, 2.45) is 5.73 Å². The van der Waals surface area contributed by atoms with Crippen LogP contribution in [0.4, 0.5) is 5.69 Å². The Kier molecular flexibility index (Phi) is 4.62. The lowest BCUT2D eigenvalue weighted by Gasteiger charge is -2.30. The summed E-state index contributed by atoms with van der Waals surface area (Å²) in [6.07, 6.45) is 1.65. The summed E-state index contributed by atoms with van der Waals surface area (Å²) >= 11 is 0. The highest BCUT2D eigenvalue weighted by molar-refractivity contribution is 6.01. The molecule has 1 aliphatic heterocycles. The fourth-order valence-electron chi connectivity index (χ4n) is 3.05. The lowest BCUT2D eigenvalue weighted by atomic mass is 9.98. The molecule has 1 atom stereocenters. The molecule has 0 bridgehead atoms. The predicted molar refractivity (Wildman–Crippen MR) is 94.8 cm³/mol. The molecule has 1 unspecified atom stereocenters. The number of nitrogens with two attached hydrogens (primary N) is 1. The molecule has 5 heteroatoms. The van der Waals surface area contributed by atoms with Crippen LogP contribution in [-0.4, -0.2) is 31.4 Å². The Morgan fingerprint density at radius 2 is 1.88 bits per heavy atom. The summed E-state index contributed by atoms with van der Waals surface area (Å²) in [6, 6.07) is 14.7. The summed E-state index contributed by atoms with van der Waals surface area (Å²) in [7, 11) is 1.62. The minimum Gasteiger partial charge on any atom is -0.355 e. The van der Waals surface area contributed by atoms with E-state index >= 15 is 0 Å². The number of amides is 2. The highest BCUT2D eigenvalue weighted by Gasteiger charge is 2.26. The van der Waals surface area contributed by atoms with Crippen molar-refractivity contribution in [1.29, 1.82) is 0 Å². The van der Waals surface area contributed by atoms with Gasteiger partial charge in [-0.25, -0.2) is 0 Å². The second kappa shape index (κ2) is 6.84. The zero-order valence-corrected chi connectivity index (χ0v) is 13.7. The highest BCUT2D eigenvalue weighted by atomic mass is 16.2. The number of carbonyl (C=O) groups is 2. The average molecular weight is 323 g/mol. The Bertz CT molecular complexity index is 755. The average Bonchev–Trinajstić information content (AvgIpc) is 2.63. The number of nitrogens with zero attached hydrogens (tertiary/aromatic N) is 1. The zero-order valence-electron chi connectivity index (χ0n) is 13.7. The van der Waals surface area contributed by atoms with Gasteiger partial charge in [0, 0.05) is 24.8 Å². The van der Waals surface area contributed by atoms with Crippen molar-refractivity contribution >= 4 is 17.5 Å². The molecule has 1 fully saturated rings. The SMILES string of the molecule is CNC(=O)c1ccccc1-c1ccc(N2CCCC(N)C2=O)cc1. The van der Waals surface area contributed by atoms with Crippen LogP contribution in [0.3, 0.4) is 0 Å². The number of anilines is 1. The molecular formula is C19H21N3O2. The molecule has 124 valence electrons. The molecule has 2 aromatic carbocycles. The van der Waals surface area contributed by atoms with Crippen LogP contribution < -0.4 is 16.0 Å². The van der Waals surface area contributed by atoms with Gasteiger partial charge >= 0.3 is 0 Å². The van der Waals surface area contributed by atoms with Gasteiger partial charge in [0.2, 0.25) is 5.91 Å². The van der Waals surface area contributed by atoms with Crippen LogP contribution in [0.15, 0.2) is 48.5 Å². The standard InChI is InChI=1S/C19H21N3O2/c1-21-18(23)16-6-3-2-5-15(16)13-8-10-14(11-9-13)22-12-4-7-17(20)19(22)24/h2-3,5-6,8-11,17H,4,7,12,20H2,1H3,(H,21,23). The summed E-state index contributed by atoms with van der Waals surface area (Å²) in [5.41, 5.74) is 9.13. The largest absolute Gasteiger partial charge is 0.355 e. The maximum absolute atomic E-state index is 12.2. The van der Waals surface area contributed by atoms with Crippen molar-refractivity contribution in [3.05, 3.63) is 54.1 Å². The molecule has 5 nitrogen and oxygen atoms in total. The van der Waals surface area contributed by atoms with Crippen molar-refractivity contribution in [2.75, 3.05) is 18.5 Å². The number of rotatable bonds is 3. The second-order valence-corrected chi connectivity index (χ2v) is 5.91. The van der Waals surface area contributed by atoms with E-state index in [9.17, 15) is 9.59 Å². The molecule has 0 radical (unpaired) electrons. The van der Waals surface area contributed by atoms with Crippen LogP contribution in [0.2, 0.25) is 0 Å². The first-order valence-corrected chi connectivity index (χ1v) is 8.10. The molecule has 0 aromatic heterocycles. The molecule has 3 rings (SSSR count). The first-order chi connectivity index (χ1) is 11.6. The molecule has 3 N–H and O–H groups in total.